The molecule has 102 valence electrons. The Morgan fingerprint density at radius 3 is 2.63 bits per heavy atom. The number of hydrogen-bond acceptors (Lipinski definition) is 2. The first-order chi connectivity index (χ1) is 8.97. The highest BCUT2D eigenvalue weighted by Crippen LogP contribution is 2.18. The second kappa shape index (κ2) is 5.38. The maximum absolute atomic E-state index is 13.1. The molecule has 1 aromatic rings. The van der Waals surface area contributed by atoms with E-state index in [1.807, 2.05) is 0 Å². The molecule has 1 aliphatic rings. The zero-order chi connectivity index (χ0) is 14.0. The molecule has 1 fully saturated rings. The van der Waals surface area contributed by atoms with Gasteiger partial charge in [0.05, 0.1) is 0 Å². The predicted octanol–water partition coefficient (Wildman–Crippen LogP) is 1.53. The highest BCUT2D eigenvalue weighted by atomic mass is 19.1. The summed E-state index contributed by atoms with van der Waals surface area (Å²) >= 11 is 0. The van der Waals surface area contributed by atoms with Crippen LogP contribution in [-0.4, -0.2) is 23.9 Å². The summed E-state index contributed by atoms with van der Waals surface area (Å²) in [5.74, 6) is -0.910. The third kappa shape index (κ3) is 3.53. The van der Waals surface area contributed by atoms with Crippen LogP contribution in [0.5, 0.6) is 0 Å². The second-order valence-electron chi connectivity index (χ2n) is 4.94. The van der Waals surface area contributed by atoms with Gasteiger partial charge in [0.15, 0.2) is 0 Å². The van der Waals surface area contributed by atoms with Crippen molar-refractivity contribution in [3.05, 3.63) is 35.1 Å². The lowest BCUT2D eigenvalue weighted by atomic mass is 10.1. The van der Waals surface area contributed by atoms with E-state index in [1.54, 1.807) is 13.8 Å². The molecule has 2 N–H and O–H groups in total. The van der Waals surface area contributed by atoms with Crippen LogP contribution in [0.2, 0.25) is 0 Å². The Bertz CT molecular complexity index is 512. The lowest BCUT2D eigenvalue weighted by molar-refractivity contribution is -0.122. The van der Waals surface area contributed by atoms with Gasteiger partial charge in [-0.15, -0.1) is 0 Å². The monoisotopic (exact) mass is 264 g/mol. The highest BCUT2D eigenvalue weighted by Gasteiger charge is 2.26. The molecule has 0 bridgehead atoms. The average Bonchev–Trinajstić information content (AvgIpc) is 3.16. The van der Waals surface area contributed by atoms with Crippen molar-refractivity contribution in [3.8, 4) is 0 Å². The summed E-state index contributed by atoms with van der Waals surface area (Å²) in [6.45, 7) is 3.22. The van der Waals surface area contributed by atoms with Crippen molar-refractivity contribution in [2.45, 2.75) is 38.8 Å². The van der Waals surface area contributed by atoms with Crippen LogP contribution in [0.15, 0.2) is 18.2 Å². The molecule has 2 rings (SSSR count). The lowest BCUT2D eigenvalue weighted by Gasteiger charge is -2.14. The molecule has 5 heteroatoms. The summed E-state index contributed by atoms with van der Waals surface area (Å²) < 4.78 is 13.1. The van der Waals surface area contributed by atoms with E-state index in [4.69, 9.17) is 0 Å². The van der Waals surface area contributed by atoms with Crippen LogP contribution in [-0.2, 0) is 4.79 Å². The minimum Gasteiger partial charge on any atom is -0.352 e. The fourth-order valence-electron chi connectivity index (χ4n) is 1.69. The Morgan fingerprint density at radius 1 is 1.37 bits per heavy atom. The first kappa shape index (κ1) is 13.5. The van der Waals surface area contributed by atoms with E-state index in [0.717, 1.165) is 12.8 Å². The molecule has 2 amide bonds. The van der Waals surface area contributed by atoms with Crippen molar-refractivity contribution < 1.29 is 14.0 Å². The number of benzene rings is 1. The zero-order valence-corrected chi connectivity index (χ0v) is 11.0. The van der Waals surface area contributed by atoms with E-state index in [2.05, 4.69) is 10.6 Å². The van der Waals surface area contributed by atoms with Gasteiger partial charge in [0.1, 0.15) is 11.9 Å². The molecule has 0 aliphatic heterocycles. The number of halogens is 1. The Hall–Kier alpha value is -1.91. The van der Waals surface area contributed by atoms with Crippen LogP contribution in [0, 0.1) is 12.7 Å². The van der Waals surface area contributed by atoms with Crippen LogP contribution < -0.4 is 10.6 Å². The van der Waals surface area contributed by atoms with Crippen molar-refractivity contribution in [2.75, 3.05) is 0 Å². The number of carbonyl (C=O) groups is 2. The summed E-state index contributed by atoms with van der Waals surface area (Å²) in [5.41, 5.74) is 0.757. The van der Waals surface area contributed by atoms with Crippen molar-refractivity contribution in [1.29, 1.82) is 0 Å². The van der Waals surface area contributed by atoms with E-state index in [9.17, 15) is 14.0 Å². The Kier molecular flexibility index (Phi) is 3.83. The first-order valence-electron chi connectivity index (χ1n) is 6.35. The van der Waals surface area contributed by atoms with E-state index in [0.29, 0.717) is 11.1 Å². The minimum absolute atomic E-state index is 0.185. The van der Waals surface area contributed by atoms with Gasteiger partial charge in [-0.05, 0) is 50.5 Å². The SMILES string of the molecule is Cc1cc(C(=O)NC(C)C(=O)NC2CC2)ccc1F. The third-order valence-electron chi connectivity index (χ3n) is 3.08. The summed E-state index contributed by atoms with van der Waals surface area (Å²) in [6.07, 6.45) is 2.01. The smallest absolute Gasteiger partial charge is 0.251 e. The maximum atomic E-state index is 13.1. The number of rotatable bonds is 4. The Balaban J connectivity index is 1.95. The molecule has 1 atom stereocenters. The molecule has 0 spiro atoms. The van der Waals surface area contributed by atoms with Crippen LogP contribution in [0.25, 0.3) is 0 Å². The molecule has 1 unspecified atom stereocenters. The van der Waals surface area contributed by atoms with Crippen LogP contribution in [0.4, 0.5) is 4.39 Å². The molecule has 0 saturated heterocycles. The van der Waals surface area contributed by atoms with Gasteiger partial charge < -0.3 is 10.6 Å². The normalized spacial score (nSPS) is 15.7. The minimum atomic E-state index is -0.599. The number of hydrogen-bond donors (Lipinski definition) is 2. The van der Waals surface area contributed by atoms with E-state index in [-0.39, 0.29) is 23.7 Å². The van der Waals surface area contributed by atoms with Crippen molar-refractivity contribution in [1.82, 2.24) is 10.6 Å². The number of amides is 2. The maximum Gasteiger partial charge on any atom is 0.251 e. The van der Waals surface area contributed by atoms with Gasteiger partial charge in [-0.2, -0.15) is 0 Å². The van der Waals surface area contributed by atoms with Gasteiger partial charge in [0.2, 0.25) is 5.91 Å². The molecular weight excluding hydrogens is 247 g/mol. The fourth-order valence-corrected chi connectivity index (χ4v) is 1.69. The molecular formula is C14H17FN2O2. The zero-order valence-electron chi connectivity index (χ0n) is 11.0. The first-order valence-corrected chi connectivity index (χ1v) is 6.35. The quantitative estimate of drug-likeness (QED) is 0.866. The summed E-state index contributed by atoms with van der Waals surface area (Å²) in [5, 5.41) is 5.42. The van der Waals surface area contributed by atoms with E-state index >= 15 is 0 Å². The van der Waals surface area contributed by atoms with Gasteiger partial charge >= 0.3 is 0 Å². The predicted molar refractivity (Wildman–Crippen MR) is 69.2 cm³/mol. The lowest BCUT2D eigenvalue weighted by Crippen LogP contribution is -2.45. The summed E-state index contributed by atoms with van der Waals surface area (Å²) in [4.78, 5) is 23.6. The topological polar surface area (TPSA) is 58.2 Å². The number of nitrogens with one attached hydrogen (secondary N) is 2. The number of aryl methyl sites for hydroxylation is 1. The van der Waals surface area contributed by atoms with Crippen LogP contribution in [0.1, 0.15) is 35.7 Å². The molecule has 4 nitrogen and oxygen atoms in total. The van der Waals surface area contributed by atoms with Crippen molar-refractivity contribution in [2.24, 2.45) is 0 Å². The van der Waals surface area contributed by atoms with Gasteiger partial charge in [-0.1, -0.05) is 0 Å². The molecule has 0 heterocycles. The number of carbonyl (C=O) groups excluding carboxylic acids is 2. The molecule has 19 heavy (non-hydrogen) atoms. The van der Waals surface area contributed by atoms with Gasteiger partial charge in [-0.3, -0.25) is 9.59 Å². The third-order valence-corrected chi connectivity index (χ3v) is 3.08. The fraction of sp³-hybridized carbons (Fsp3) is 0.429. The van der Waals surface area contributed by atoms with Crippen molar-refractivity contribution >= 4 is 11.8 Å². The van der Waals surface area contributed by atoms with Crippen LogP contribution >= 0.6 is 0 Å². The highest BCUT2D eigenvalue weighted by molar-refractivity contribution is 5.97. The molecule has 1 aliphatic carbocycles. The summed E-state index contributed by atoms with van der Waals surface area (Å²) in [6, 6.07) is 3.79. The molecule has 1 saturated carbocycles. The summed E-state index contributed by atoms with van der Waals surface area (Å²) in [7, 11) is 0. The van der Waals surface area contributed by atoms with Gasteiger partial charge in [0, 0.05) is 11.6 Å². The average molecular weight is 264 g/mol. The van der Waals surface area contributed by atoms with Crippen molar-refractivity contribution in [3.63, 3.8) is 0 Å². The molecule has 0 radical (unpaired) electrons. The van der Waals surface area contributed by atoms with Gasteiger partial charge in [-0.25, -0.2) is 4.39 Å². The standard InChI is InChI=1S/C14H17FN2O2/c1-8-7-10(3-6-12(8)15)14(19)16-9(2)13(18)17-11-4-5-11/h3,6-7,9,11H,4-5H2,1-2H3,(H,16,19)(H,17,18). The van der Waals surface area contributed by atoms with Gasteiger partial charge in [0.25, 0.3) is 5.91 Å². The Labute approximate surface area is 111 Å². The van der Waals surface area contributed by atoms with Crippen LogP contribution in [0.3, 0.4) is 0 Å². The molecule has 1 aromatic carbocycles. The largest absolute Gasteiger partial charge is 0.352 e. The Morgan fingerprint density at radius 2 is 2.05 bits per heavy atom. The second-order valence-corrected chi connectivity index (χ2v) is 4.94. The molecule has 0 aromatic heterocycles. The van der Waals surface area contributed by atoms with E-state index < -0.39 is 6.04 Å². The van der Waals surface area contributed by atoms with E-state index in [1.165, 1.54) is 18.2 Å².